The number of Topliss-reactive ketones (excluding diaryl/α,β-unsaturated/α-hetero) is 2. The van der Waals surface area contributed by atoms with E-state index in [1.807, 2.05) is 80.6 Å². The van der Waals surface area contributed by atoms with E-state index in [1.165, 1.54) is 24.3 Å². The Morgan fingerprint density at radius 3 is 1.94 bits per heavy atom. The van der Waals surface area contributed by atoms with Gasteiger partial charge in [0.2, 0.25) is 5.91 Å². The fourth-order valence-electron chi connectivity index (χ4n) is 9.20. The van der Waals surface area contributed by atoms with Crippen molar-refractivity contribution >= 4 is 70.5 Å². The van der Waals surface area contributed by atoms with E-state index in [4.69, 9.17) is 24.7 Å². The highest BCUT2D eigenvalue weighted by molar-refractivity contribution is 7.57. The van der Waals surface area contributed by atoms with Crippen molar-refractivity contribution in [2.75, 3.05) is 45.8 Å². The molecule has 0 heterocycles. The average molecular weight is 1100 g/mol. The molecule has 5 rings (SSSR count). The zero-order valence-corrected chi connectivity index (χ0v) is 48.5. The van der Waals surface area contributed by atoms with Gasteiger partial charge in [-0.2, -0.15) is 0 Å². The number of amidine groups is 1. The summed E-state index contributed by atoms with van der Waals surface area (Å²) in [4.78, 5) is 85.0. The maximum absolute atomic E-state index is 14.7. The van der Waals surface area contributed by atoms with Gasteiger partial charge >= 0.3 is 12.1 Å². The van der Waals surface area contributed by atoms with Crippen molar-refractivity contribution in [3.05, 3.63) is 113 Å². The lowest BCUT2D eigenvalue weighted by atomic mass is 9.89. The molecule has 0 aliphatic heterocycles. The number of ketones is 2. The molecule has 17 heteroatoms. The molecule has 0 bridgehead atoms. The number of rotatable bonds is 32. The number of carbonyl (C=O) groups excluding carboxylic acids is 5. The summed E-state index contributed by atoms with van der Waals surface area (Å²) >= 11 is 0. The number of nitrogens with zero attached hydrogens (tertiary/aromatic N) is 2. The van der Waals surface area contributed by atoms with Crippen molar-refractivity contribution in [2.45, 2.75) is 125 Å². The van der Waals surface area contributed by atoms with Crippen LogP contribution in [-0.2, 0) is 35.3 Å². The Bertz CT molecular complexity index is 2880. The third-order valence-corrected chi connectivity index (χ3v) is 14.0. The van der Waals surface area contributed by atoms with Crippen molar-refractivity contribution in [1.82, 2.24) is 10.6 Å². The van der Waals surface area contributed by atoms with Crippen molar-refractivity contribution in [3.63, 3.8) is 0 Å². The molecule has 0 saturated heterocycles. The summed E-state index contributed by atoms with van der Waals surface area (Å²) in [5, 5.41) is 20.8. The molecule has 3 atom stereocenters. The number of benzene rings is 5. The Labute approximate surface area is 467 Å². The highest BCUT2D eigenvalue weighted by Crippen LogP contribution is 2.45. The molecule has 0 radical (unpaired) electrons. The number of esters is 1. The number of unbranched alkanes of at least 4 members (excludes halogenated alkanes) is 1. The number of ether oxygens (including phenoxy) is 4. The molecule has 5 aromatic carbocycles. The number of nitro groups is 1. The lowest BCUT2D eigenvalue weighted by Gasteiger charge is -2.24. The number of carbonyl (C=O) groups is 5. The molecule has 79 heavy (non-hydrogen) atoms. The van der Waals surface area contributed by atoms with E-state index in [1.54, 1.807) is 20.8 Å². The Balaban J connectivity index is 1.42. The summed E-state index contributed by atoms with van der Waals surface area (Å²) in [5.74, 6) is -1.48. The maximum atomic E-state index is 14.7. The second-order valence-electron chi connectivity index (χ2n) is 22.3. The molecule has 5 aromatic rings. The minimum atomic E-state index is -1.05. The fraction of sp³-hybridized carbons (Fsp3) is 0.484. The van der Waals surface area contributed by atoms with Crippen LogP contribution in [0.4, 0.5) is 10.5 Å². The average Bonchev–Trinajstić information content (AvgIpc) is 3.60. The largest absolute Gasteiger partial charge is 0.493 e. The van der Waals surface area contributed by atoms with Gasteiger partial charge in [-0.1, -0.05) is 94.8 Å². The van der Waals surface area contributed by atoms with Crippen LogP contribution in [0, 0.1) is 33.8 Å². The number of aliphatic imine (C=N–C) groups is 1. The van der Waals surface area contributed by atoms with Gasteiger partial charge in [0.25, 0.3) is 5.69 Å². The second-order valence-corrected chi connectivity index (χ2v) is 24.8. The first-order chi connectivity index (χ1) is 37.6. The van der Waals surface area contributed by atoms with E-state index < -0.39 is 46.4 Å². The first kappa shape index (κ1) is 62.9. The van der Waals surface area contributed by atoms with Crippen LogP contribution < -0.4 is 25.8 Å². The zero-order valence-electron chi connectivity index (χ0n) is 47.6. The summed E-state index contributed by atoms with van der Waals surface area (Å²) in [7, 11) is -0.328. The summed E-state index contributed by atoms with van der Waals surface area (Å²) in [5.41, 5.74) is 7.60. The standard InChI is InChI=1S/C62H82N5O11P/c1-41(2)31-34-75-54-29-25-44-17-10-12-20-50(44)57(54)58-51-21-13-11-18-45(51)26-30-55(58)76-39-49(68)36-46(19-14-15-32-65-61(72)78-62(5,6)7)59(70)66-52(22-16-33-64-56(63)40-79(8)9)53(69)37-47(35-42(3)4)60(71)77-38-43-23-27-48(28-24-43)67(73)74/h10-13,17-18,20-21,23-30,41-42,46-47,52H,14-16,19,22,31-40H2,1-9H3,(H2,63,64)(H,65,72)(H,66,70)/t46-,47+,52+/m0/s1. The summed E-state index contributed by atoms with van der Waals surface area (Å²) in [6.45, 7) is 18.3. The van der Waals surface area contributed by atoms with Gasteiger partial charge in [-0.3, -0.25) is 34.3 Å². The third-order valence-electron chi connectivity index (χ3n) is 13.1. The van der Waals surface area contributed by atoms with E-state index in [9.17, 15) is 34.1 Å². The molecule has 0 aliphatic carbocycles. The predicted molar refractivity (Wildman–Crippen MR) is 315 cm³/mol. The Hall–Kier alpha value is -6.93. The lowest BCUT2D eigenvalue weighted by Crippen LogP contribution is -2.45. The van der Waals surface area contributed by atoms with E-state index >= 15 is 0 Å². The number of alkyl carbamates (subject to hydrolysis) is 1. The Kier molecular flexibility index (Phi) is 24.7. The summed E-state index contributed by atoms with van der Waals surface area (Å²) < 4.78 is 24.2. The minimum Gasteiger partial charge on any atom is -0.493 e. The van der Waals surface area contributed by atoms with E-state index in [-0.39, 0.29) is 76.5 Å². The van der Waals surface area contributed by atoms with Gasteiger partial charge in [-0.15, -0.1) is 7.92 Å². The van der Waals surface area contributed by atoms with Crippen LogP contribution in [0.15, 0.2) is 102 Å². The fourth-order valence-corrected chi connectivity index (χ4v) is 9.95. The highest BCUT2D eigenvalue weighted by Gasteiger charge is 2.32. The molecule has 0 aliphatic rings. The molecule has 2 amide bonds. The molecule has 0 aromatic heterocycles. The van der Waals surface area contributed by atoms with Gasteiger partial charge in [-0.25, -0.2) is 4.79 Å². The summed E-state index contributed by atoms with van der Waals surface area (Å²) in [6.07, 6.45) is 2.57. The van der Waals surface area contributed by atoms with E-state index in [0.717, 1.165) is 39.1 Å². The smallest absolute Gasteiger partial charge is 0.407 e. The molecule has 0 fully saturated rings. The first-order valence-corrected chi connectivity index (χ1v) is 29.9. The van der Waals surface area contributed by atoms with Crippen molar-refractivity contribution < 1.29 is 47.8 Å². The second kappa shape index (κ2) is 31.0. The quantitative estimate of drug-likeness (QED) is 0.00695. The lowest BCUT2D eigenvalue weighted by molar-refractivity contribution is -0.384. The van der Waals surface area contributed by atoms with Crippen LogP contribution in [0.3, 0.4) is 0 Å². The van der Waals surface area contributed by atoms with Crippen LogP contribution in [0.1, 0.15) is 112 Å². The van der Waals surface area contributed by atoms with Crippen LogP contribution >= 0.6 is 7.92 Å². The normalized spacial score (nSPS) is 13.0. The molecule has 0 saturated carbocycles. The number of nitro benzene ring substituents is 1. The third kappa shape index (κ3) is 21.0. The number of fused-ring (bicyclic) bond motifs is 2. The molecule has 4 N–H and O–H groups in total. The SMILES string of the molecule is CC(C)CCOc1ccc2ccccc2c1-c1c(OCC(=O)C[C@H](CCCCNC(=O)OC(C)(C)C)C(=O)N[C@H](CCCN=C(N)CP(C)C)C(=O)C[C@@H](CC(C)C)C(=O)OCc2ccc([N+](=O)[O-])cc2)ccc2ccccc12. The zero-order chi connectivity index (χ0) is 57.6. The van der Waals surface area contributed by atoms with Gasteiger partial charge in [-0.05, 0) is 136 Å². The van der Waals surface area contributed by atoms with Gasteiger partial charge in [0.1, 0.15) is 30.3 Å². The number of hydrogen-bond donors (Lipinski definition) is 3. The molecule has 16 nitrogen and oxygen atoms in total. The van der Waals surface area contributed by atoms with E-state index in [0.29, 0.717) is 73.8 Å². The van der Waals surface area contributed by atoms with Crippen molar-refractivity contribution in [3.8, 4) is 22.6 Å². The van der Waals surface area contributed by atoms with Gasteiger partial charge in [0.15, 0.2) is 11.6 Å². The molecule has 0 spiro atoms. The monoisotopic (exact) mass is 1100 g/mol. The number of amides is 2. The molecule has 426 valence electrons. The van der Waals surface area contributed by atoms with Gasteiger partial charge < -0.3 is 35.3 Å². The first-order valence-electron chi connectivity index (χ1n) is 27.5. The molecular formula is C62H82N5O11P. The number of non-ortho nitro benzene ring substituents is 1. The van der Waals surface area contributed by atoms with E-state index in [2.05, 4.69) is 48.9 Å². The predicted octanol–water partition coefficient (Wildman–Crippen LogP) is 12.4. The van der Waals surface area contributed by atoms with Gasteiger partial charge in [0, 0.05) is 61.3 Å². The minimum absolute atomic E-state index is 0.00272. The van der Waals surface area contributed by atoms with Crippen LogP contribution in [-0.4, -0.2) is 97.7 Å². The molecule has 0 unspecified atom stereocenters. The molecular weight excluding hydrogens is 1020 g/mol. The number of nitrogens with one attached hydrogen (secondary N) is 2. The van der Waals surface area contributed by atoms with Gasteiger partial charge in [0.05, 0.1) is 29.3 Å². The number of nitrogens with two attached hydrogens (primary N) is 1. The van der Waals surface area contributed by atoms with Crippen LogP contribution in [0.2, 0.25) is 0 Å². The number of hydrogen-bond acceptors (Lipinski definition) is 12. The maximum Gasteiger partial charge on any atom is 0.407 e. The van der Waals surface area contributed by atoms with Crippen LogP contribution in [0.5, 0.6) is 11.5 Å². The van der Waals surface area contributed by atoms with Crippen molar-refractivity contribution in [1.29, 1.82) is 0 Å². The summed E-state index contributed by atoms with van der Waals surface area (Å²) in [6, 6.07) is 28.5. The highest BCUT2D eigenvalue weighted by atomic mass is 31.1. The Morgan fingerprint density at radius 2 is 1.35 bits per heavy atom. The Morgan fingerprint density at radius 1 is 0.734 bits per heavy atom. The topological polar surface area (TPSA) is 228 Å². The van der Waals surface area contributed by atoms with Crippen molar-refractivity contribution in [2.24, 2.45) is 34.4 Å². The van der Waals surface area contributed by atoms with Crippen LogP contribution in [0.25, 0.3) is 32.7 Å².